The van der Waals surface area contributed by atoms with Crippen LogP contribution in [0.4, 0.5) is 0 Å². The van der Waals surface area contributed by atoms with E-state index >= 15 is 0 Å². The Morgan fingerprint density at radius 3 is 1.35 bits per heavy atom. The molecule has 0 rings (SSSR count). The maximum atomic E-state index is 12.5. The van der Waals surface area contributed by atoms with Gasteiger partial charge in [-0.3, -0.25) is 0 Å². The molecular formula is C19H42NO2P. The van der Waals surface area contributed by atoms with Crippen LogP contribution in [0.1, 0.15) is 86.0 Å². The van der Waals surface area contributed by atoms with Crippen molar-refractivity contribution < 1.29 is 9.32 Å². The molecule has 1 atom stereocenters. The predicted octanol–water partition coefficient (Wildman–Crippen LogP) is 5.55. The summed E-state index contributed by atoms with van der Waals surface area (Å²) in [5, 5.41) is 0. The van der Waals surface area contributed by atoms with Crippen molar-refractivity contribution >= 4 is 12.8 Å². The van der Waals surface area contributed by atoms with E-state index in [4.69, 9.17) is 10.3 Å². The summed E-state index contributed by atoms with van der Waals surface area (Å²) in [7, 11) is 0. The van der Waals surface area contributed by atoms with Gasteiger partial charge in [-0.15, -0.1) is 0 Å². The fraction of sp³-hybridized carbons (Fsp3) is 0.947. The van der Waals surface area contributed by atoms with Gasteiger partial charge in [-0.25, -0.2) is 0 Å². The van der Waals surface area contributed by atoms with E-state index in [0.29, 0.717) is 0 Å². The quantitative estimate of drug-likeness (QED) is 0.419. The minimum atomic E-state index is -2.48. The Kier molecular flexibility index (Phi) is 11.4. The SMILES string of the molecule is CCCCP(CCCC)(CCCC)(CCCC)OC(=O)[C@H](C)N. The first-order chi connectivity index (χ1) is 10.9. The summed E-state index contributed by atoms with van der Waals surface area (Å²) < 4.78 is 6.46. The van der Waals surface area contributed by atoms with E-state index in [1.165, 1.54) is 25.7 Å². The third kappa shape index (κ3) is 7.52. The van der Waals surface area contributed by atoms with Crippen LogP contribution in [-0.2, 0) is 9.32 Å². The van der Waals surface area contributed by atoms with Gasteiger partial charge < -0.3 is 0 Å². The van der Waals surface area contributed by atoms with Gasteiger partial charge in [-0.1, -0.05) is 0 Å². The summed E-state index contributed by atoms with van der Waals surface area (Å²) in [6, 6.07) is -0.511. The first-order valence-electron chi connectivity index (χ1n) is 9.88. The van der Waals surface area contributed by atoms with Crippen LogP contribution in [0.2, 0.25) is 0 Å². The summed E-state index contributed by atoms with van der Waals surface area (Å²) in [6.45, 7) is 8.22. The second-order valence-electron chi connectivity index (χ2n) is 7.37. The van der Waals surface area contributed by atoms with Gasteiger partial charge in [-0.2, -0.15) is 0 Å². The van der Waals surface area contributed by atoms with Gasteiger partial charge >= 0.3 is 145 Å². The topological polar surface area (TPSA) is 52.3 Å². The van der Waals surface area contributed by atoms with E-state index in [1.807, 2.05) is 0 Å². The number of hydrogen-bond acceptors (Lipinski definition) is 3. The summed E-state index contributed by atoms with van der Waals surface area (Å²) in [5.41, 5.74) is 5.86. The fourth-order valence-electron chi connectivity index (χ4n) is 3.42. The molecule has 0 aromatic carbocycles. The average Bonchev–Trinajstić information content (AvgIpc) is 2.55. The van der Waals surface area contributed by atoms with Crippen molar-refractivity contribution in [3.8, 4) is 0 Å². The molecule has 4 heteroatoms. The molecule has 0 aliphatic heterocycles. The molecule has 0 radical (unpaired) electrons. The van der Waals surface area contributed by atoms with Crippen LogP contribution in [0.5, 0.6) is 0 Å². The average molecular weight is 348 g/mol. The van der Waals surface area contributed by atoms with Gasteiger partial charge in [0.05, 0.1) is 0 Å². The molecule has 0 spiro atoms. The van der Waals surface area contributed by atoms with Gasteiger partial charge in [-0.05, 0) is 0 Å². The molecule has 2 N–H and O–H groups in total. The molecule has 0 saturated carbocycles. The van der Waals surface area contributed by atoms with Gasteiger partial charge in [0, 0.05) is 0 Å². The maximum absolute atomic E-state index is 12.5. The second-order valence-corrected chi connectivity index (χ2v) is 13.1. The molecule has 0 aromatic rings. The first kappa shape index (κ1) is 22.9. The van der Waals surface area contributed by atoms with Gasteiger partial charge in [0.25, 0.3) is 0 Å². The van der Waals surface area contributed by atoms with Crippen molar-refractivity contribution in [2.24, 2.45) is 5.73 Å². The van der Waals surface area contributed by atoms with E-state index in [0.717, 1.165) is 50.3 Å². The van der Waals surface area contributed by atoms with Crippen molar-refractivity contribution in [1.29, 1.82) is 0 Å². The number of carbonyl (C=O) groups is 1. The molecule has 0 aliphatic rings. The van der Waals surface area contributed by atoms with Crippen LogP contribution in [-0.4, -0.2) is 36.7 Å². The van der Waals surface area contributed by atoms with E-state index in [-0.39, 0.29) is 5.97 Å². The molecule has 23 heavy (non-hydrogen) atoms. The van der Waals surface area contributed by atoms with Crippen LogP contribution in [0.25, 0.3) is 0 Å². The Bertz CT molecular complexity index is 288. The van der Waals surface area contributed by atoms with Crippen LogP contribution in [0, 0.1) is 0 Å². The van der Waals surface area contributed by atoms with Gasteiger partial charge in [0.1, 0.15) is 0 Å². The number of rotatable bonds is 14. The Labute approximate surface area is 145 Å². The zero-order chi connectivity index (χ0) is 17.8. The predicted molar refractivity (Wildman–Crippen MR) is 106 cm³/mol. The standard InChI is InChI=1S/C19H42NO2P/c1-6-10-14-23(15-11-7-2,16-12-8-3,17-13-9-4)22-19(21)18(5)20/h18H,6-17,20H2,1-5H3/t18-/m0/s1. The van der Waals surface area contributed by atoms with Crippen molar-refractivity contribution in [3.63, 3.8) is 0 Å². The van der Waals surface area contributed by atoms with Crippen molar-refractivity contribution in [2.45, 2.75) is 92.0 Å². The first-order valence-corrected chi connectivity index (χ1v) is 12.8. The molecule has 0 bridgehead atoms. The van der Waals surface area contributed by atoms with Crippen molar-refractivity contribution in [3.05, 3.63) is 0 Å². The van der Waals surface area contributed by atoms with E-state index in [9.17, 15) is 4.79 Å². The number of nitrogens with two attached hydrogens (primary N) is 1. The zero-order valence-corrected chi connectivity index (χ0v) is 17.3. The molecule has 0 aliphatic carbocycles. The normalized spacial score (nSPS) is 15.0. The minimum absolute atomic E-state index is 0.165. The number of carbonyl (C=O) groups excluding carboxylic acids is 1. The van der Waals surface area contributed by atoms with E-state index in [1.54, 1.807) is 6.92 Å². The third-order valence-electron chi connectivity index (χ3n) is 5.03. The van der Waals surface area contributed by atoms with Gasteiger partial charge in [0.15, 0.2) is 0 Å². The summed E-state index contributed by atoms with van der Waals surface area (Å²) in [5.74, 6) is -0.165. The Morgan fingerprint density at radius 1 is 0.826 bits per heavy atom. The monoisotopic (exact) mass is 347 g/mol. The second kappa shape index (κ2) is 11.4. The Hall–Kier alpha value is -0.140. The van der Waals surface area contributed by atoms with Crippen molar-refractivity contribution in [1.82, 2.24) is 0 Å². The summed E-state index contributed by atoms with van der Waals surface area (Å²) in [6.07, 6.45) is 13.8. The van der Waals surface area contributed by atoms with E-state index in [2.05, 4.69) is 27.7 Å². The number of hydrogen-bond donors (Lipinski definition) is 1. The van der Waals surface area contributed by atoms with Crippen LogP contribution < -0.4 is 5.73 Å². The molecule has 0 saturated heterocycles. The zero-order valence-electron chi connectivity index (χ0n) is 16.4. The molecule has 0 amide bonds. The van der Waals surface area contributed by atoms with Crippen LogP contribution in [0.15, 0.2) is 0 Å². The number of unbranched alkanes of at least 4 members (excludes halogenated alkanes) is 4. The third-order valence-corrected chi connectivity index (χ3v) is 11.5. The summed E-state index contributed by atoms with van der Waals surface area (Å²) in [4.78, 5) is 12.5. The van der Waals surface area contributed by atoms with Crippen LogP contribution >= 0.6 is 6.83 Å². The molecule has 0 fully saturated rings. The molecule has 0 heterocycles. The fourth-order valence-corrected chi connectivity index (χ4v) is 10.3. The molecule has 3 nitrogen and oxygen atoms in total. The molecule has 140 valence electrons. The Morgan fingerprint density at radius 2 is 1.13 bits per heavy atom. The summed E-state index contributed by atoms with van der Waals surface area (Å²) >= 11 is 0. The Balaban J connectivity index is 5.71. The van der Waals surface area contributed by atoms with Gasteiger partial charge in [0.2, 0.25) is 0 Å². The molecular weight excluding hydrogens is 305 g/mol. The van der Waals surface area contributed by atoms with Crippen molar-refractivity contribution in [2.75, 3.05) is 24.6 Å². The van der Waals surface area contributed by atoms with E-state index < -0.39 is 12.9 Å². The molecule has 0 unspecified atom stereocenters. The molecule has 0 aromatic heterocycles. The van der Waals surface area contributed by atoms with Crippen LogP contribution in [0.3, 0.4) is 0 Å².